The molecule has 0 heterocycles. The van der Waals surface area contributed by atoms with Crippen LogP contribution in [0.15, 0.2) is 30.3 Å². The predicted molar refractivity (Wildman–Crippen MR) is 124 cm³/mol. The predicted octanol–water partition coefficient (Wildman–Crippen LogP) is 0.0262. The number of amides is 3. The Bertz CT molecular complexity index is 860. The van der Waals surface area contributed by atoms with E-state index in [9.17, 15) is 29.1 Å². The van der Waals surface area contributed by atoms with Gasteiger partial charge in [0, 0.05) is 12.8 Å². The first-order chi connectivity index (χ1) is 15.9. The zero-order valence-electron chi connectivity index (χ0n) is 19.6. The monoisotopic (exact) mass is 478 g/mol. The molecule has 34 heavy (non-hydrogen) atoms. The van der Waals surface area contributed by atoms with Crippen molar-refractivity contribution >= 4 is 29.7 Å². The van der Waals surface area contributed by atoms with Crippen molar-refractivity contribution in [3.63, 3.8) is 0 Å². The van der Waals surface area contributed by atoms with Crippen molar-refractivity contribution in [3.05, 3.63) is 35.9 Å². The van der Waals surface area contributed by atoms with Gasteiger partial charge in [0.1, 0.15) is 18.1 Å². The maximum absolute atomic E-state index is 12.8. The van der Waals surface area contributed by atoms with Crippen LogP contribution in [0.25, 0.3) is 0 Å². The van der Waals surface area contributed by atoms with E-state index in [1.807, 2.05) is 13.8 Å². The van der Waals surface area contributed by atoms with Crippen molar-refractivity contribution in [2.75, 3.05) is 0 Å². The molecule has 0 saturated heterocycles. The number of carbonyl (C=O) groups is 5. The zero-order valence-corrected chi connectivity index (χ0v) is 19.6. The standard InChI is InChI=1S/C23H34N4O7/c1-13(2)11-17(26-21(31)16(24)9-10-19(28)29)22(32)25-14(3)20(30)27-18(23(33)34)12-15-7-5-4-6-8-15/h4-8,13-14,16-18H,9-12,24H2,1-3H3,(H,25,32)(H,26,31)(H,27,30)(H,28,29)(H,33,34). The van der Waals surface area contributed by atoms with Gasteiger partial charge in [-0.1, -0.05) is 44.2 Å². The summed E-state index contributed by atoms with van der Waals surface area (Å²) in [6, 6.07) is 4.44. The highest BCUT2D eigenvalue weighted by molar-refractivity contribution is 5.94. The minimum atomic E-state index is -1.21. The maximum atomic E-state index is 12.8. The molecule has 4 unspecified atom stereocenters. The first kappa shape index (κ1) is 28.6. The van der Waals surface area contributed by atoms with Crippen LogP contribution in [-0.4, -0.2) is 64.0 Å². The summed E-state index contributed by atoms with van der Waals surface area (Å²) in [6.45, 7) is 5.09. The smallest absolute Gasteiger partial charge is 0.326 e. The van der Waals surface area contributed by atoms with Crippen LogP contribution in [0.1, 0.15) is 45.6 Å². The van der Waals surface area contributed by atoms with Gasteiger partial charge in [-0.15, -0.1) is 0 Å². The molecule has 0 spiro atoms. The van der Waals surface area contributed by atoms with Crippen molar-refractivity contribution in [1.29, 1.82) is 0 Å². The molecule has 7 N–H and O–H groups in total. The van der Waals surface area contributed by atoms with Gasteiger partial charge in [-0.05, 0) is 31.2 Å². The molecular formula is C23H34N4O7. The average Bonchev–Trinajstić information content (AvgIpc) is 2.76. The summed E-state index contributed by atoms with van der Waals surface area (Å²) in [5, 5.41) is 25.6. The molecular weight excluding hydrogens is 444 g/mol. The molecule has 4 atom stereocenters. The van der Waals surface area contributed by atoms with Gasteiger partial charge in [-0.2, -0.15) is 0 Å². The summed E-state index contributed by atoms with van der Waals surface area (Å²) in [6.07, 6.45) is -0.0549. The molecule has 1 rings (SSSR count). The second kappa shape index (κ2) is 13.9. The number of carboxylic acids is 2. The quantitative estimate of drug-likeness (QED) is 0.216. The third-order valence-electron chi connectivity index (χ3n) is 5.00. The van der Waals surface area contributed by atoms with Gasteiger partial charge in [0.15, 0.2) is 0 Å². The van der Waals surface area contributed by atoms with Crippen molar-refractivity contribution < 1.29 is 34.2 Å². The first-order valence-corrected chi connectivity index (χ1v) is 11.1. The minimum absolute atomic E-state index is 0.0117. The molecule has 0 aliphatic rings. The van der Waals surface area contributed by atoms with Gasteiger partial charge in [-0.25, -0.2) is 4.79 Å². The van der Waals surface area contributed by atoms with Gasteiger partial charge in [-0.3, -0.25) is 19.2 Å². The van der Waals surface area contributed by atoms with Crippen LogP contribution in [0.4, 0.5) is 0 Å². The Morgan fingerprint density at radius 1 is 0.853 bits per heavy atom. The Hall–Kier alpha value is -3.47. The highest BCUT2D eigenvalue weighted by Crippen LogP contribution is 2.07. The van der Waals surface area contributed by atoms with Crippen LogP contribution in [0, 0.1) is 5.92 Å². The van der Waals surface area contributed by atoms with E-state index in [-0.39, 0.29) is 31.6 Å². The van der Waals surface area contributed by atoms with E-state index in [0.29, 0.717) is 0 Å². The van der Waals surface area contributed by atoms with E-state index in [1.54, 1.807) is 30.3 Å². The van der Waals surface area contributed by atoms with Gasteiger partial charge >= 0.3 is 11.9 Å². The van der Waals surface area contributed by atoms with Crippen molar-refractivity contribution in [2.24, 2.45) is 11.7 Å². The van der Waals surface area contributed by atoms with Crippen molar-refractivity contribution in [3.8, 4) is 0 Å². The van der Waals surface area contributed by atoms with Gasteiger partial charge in [0.2, 0.25) is 17.7 Å². The Morgan fingerprint density at radius 2 is 1.44 bits per heavy atom. The van der Waals surface area contributed by atoms with E-state index in [1.165, 1.54) is 6.92 Å². The SMILES string of the molecule is CC(C)CC(NC(=O)C(N)CCC(=O)O)C(=O)NC(C)C(=O)NC(Cc1ccccc1)C(=O)O. The Balaban J connectivity index is 2.76. The summed E-state index contributed by atoms with van der Waals surface area (Å²) in [5.74, 6) is -4.29. The fourth-order valence-electron chi connectivity index (χ4n) is 3.12. The number of aliphatic carboxylic acids is 2. The Morgan fingerprint density at radius 3 is 1.97 bits per heavy atom. The molecule has 11 heteroatoms. The Kier molecular flexibility index (Phi) is 11.7. The third kappa shape index (κ3) is 10.4. The van der Waals surface area contributed by atoms with Gasteiger partial charge in [0.25, 0.3) is 0 Å². The van der Waals surface area contributed by atoms with Crippen molar-refractivity contribution in [2.45, 2.75) is 70.6 Å². The lowest BCUT2D eigenvalue weighted by Gasteiger charge is -2.24. The molecule has 1 aromatic rings. The summed E-state index contributed by atoms with van der Waals surface area (Å²) >= 11 is 0. The minimum Gasteiger partial charge on any atom is -0.481 e. The van der Waals surface area contributed by atoms with Crippen LogP contribution >= 0.6 is 0 Å². The highest BCUT2D eigenvalue weighted by Gasteiger charge is 2.29. The molecule has 11 nitrogen and oxygen atoms in total. The van der Waals surface area contributed by atoms with Gasteiger partial charge in [0.05, 0.1) is 6.04 Å². The number of carboxylic acid groups (broad SMARTS) is 2. The number of nitrogens with one attached hydrogen (secondary N) is 3. The maximum Gasteiger partial charge on any atom is 0.326 e. The number of rotatable bonds is 14. The fraction of sp³-hybridized carbons (Fsp3) is 0.522. The van der Waals surface area contributed by atoms with Crippen LogP contribution in [-0.2, 0) is 30.4 Å². The number of hydrogen-bond donors (Lipinski definition) is 6. The largest absolute Gasteiger partial charge is 0.481 e. The fourth-order valence-corrected chi connectivity index (χ4v) is 3.12. The van der Waals surface area contributed by atoms with Crippen LogP contribution in [0.5, 0.6) is 0 Å². The Labute approximate surface area is 198 Å². The van der Waals surface area contributed by atoms with Gasteiger partial charge < -0.3 is 31.9 Å². The second-order valence-corrected chi connectivity index (χ2v) is 8.55. The normalized spacial score (nSPS) is 14.4. The zero-order chi connectivity index (χ0) is 25.8. The molecule has 3 amide bonds. The molecule has 0 fully saturated rings. The molecule has 0 radical (unpaired) electrons. The van der Waals surface area contributed by atoms with E-state index >= 15 is 0 Å². The molecule has 0 aliphatic heterocycles. The summed E-state index contributed by atoms with van der Waals surface area (Å²) in [5.41, 5.74) is 6.44. The summed E-state index contributed by atoms with van der Waals surface area (Å²) in [7, 11) is 0. The molecule has 0 aromatic heterocycles. The summed E-state index contributed by atoms with van der Waals surface area (Å²) < 4.78 is 0. The lowest BCUT2D eigenvalue weighted by molar-refractivity contribution is -0.142. The lowest BCUT2D eigenvalue weighted by Crippen LogP contribution is -2.56. The van der Waals surface area contributed by atoms with E-state index in [0.717, 1.165) is 5.56 Å². The first-order valence-electron chi connectivity index (χ1n) is 11.1. The van der Waals surface area contributed by atoms with Crippen LogP contribution in [0.2, 0.25) is 0 Å². The van der Waals surface area contributed by atoms with Crippen LogP contribution in [0.3, 0.4) is 0 Å². The number of carbonyl (C=O) groups excluding carboxylic acids is 3. The lowest BCUT2D eigenvalue weighted by atomic mass is 10.0. The van der Waals surface area contributed by atoms with E-state index in [4.69, 9.17) is 10.8 Å². The molecule has 1 aromatic carbocycles. The second-order valence-electron chi connectivity index (χ2n) is 8.55. The van der Waals surface area contributed by atoms with Crippen molar-refractivity contribution in [1.82, 2.24) is 16.0 Å². The highest BCUT2D eigenvalue weighted by atomic mass is 16.4. The molecule has 0 aliphatic carbocycles. The molecule has 188 valence electrons. The van der Waals surface area contributed by atoms with E-state index < -0.39 is 53.8 Å². The van der Waals surface area contributed by atoms with E-state index in [2.05, 4.69) is 16.0 Å². The average molecular weight is 479 g/mol. The molecule has 0 saturated carbocycles. The topological polar surface area (TPSA) is 188 Å². The number of benzene rings is 1. The number of hydrogen-bond acceptors (Lipinski definition) is 6. The molecule has 0 bridgehead atoms. The number of nitrogens with two attached hydrogens (primary N) is 1. The van der Waals surface area contributed by atoms with Crippen LogP contribution < -0.4 is 21.7 Å². The summed E-state index contributed by atoms with van der Waals surface area (Å²) in [4.78, 5) is 59.9. The third-order valence-corrected chi connectivity index (χ3v) is 5.00.